The van der Waals surface area contributed by atoms with E-state index in [0.29, 0.717) is 12.0 Å². The van der Waals surface area contributed by atoms with Crippen LogP contribution in [0.5, 0.6) is 0 Å². The van der Waals surface area contributed by atoms with Crippen molar-refractivity contribution in [1.29, 1.82) is 0 Å². The Morgan fingerprint density at radius 1 is 1.20 bits per heavy atom. The molecular weight excluding hydrogens is 246 g/mol. The zero-order valence-corrected chi connectivity index (χ0v) is 13.8. The van der Waals surface area contributed by atoms with Crippen molar-refractivity contribution in [3.63, 3.8) is 0 Å². The number of benzene rings is 1. The number of morpholine rings is 1. The van der Waals surface area contributed by atoms with Gasteiger partial charge in [0.15, 0.2) is 0 Å². The van der Waals surface area contributed by atoms with Crippen LogP contribution >= 0.6 is 0 Å². The fourth-order valence-corrected chi connectivity index (χ4v) is 3.30. The molecule has 1 aromatic rings. The van der Waals surface area contributed by atoms with Crippen LogP contribution < -0.4 is 0 Å². The molecule has 20 heavy (non-hydrogen) atoms. The van der Waals surface area contributed by atoms with Crippen molar-refractivity contribution in [2.75, 3.05) is 13.2 Å². The largest absolute Gasteiger partial charge is 0.375 e. The summed E-state index contributed by atoms with van der Waals surface area (Å²) in [4.78, 5) is 2.60. The summed E-state index contributed by atoms with van der Waals surface area (Å²) in [6, 6.07) is 9.20. The zero-order valence-electron chi connectivity index (χ0n) is 13.8. The lowest BCUT2D eigenvalue weighted by molar-refractivity contribution is -0.0958. The van der Waals surface area contributed by atoms with Crippen LogP contribution in [0.1, 0.15) is 64.6 Å². The van der Waals surface area contributed by atoms with Crippen molar-refractivity contribution in [2.24, 2.45) is 0 Å². The van der Waals surface area contributed by atoms with Crippen LogP contribution in [0.3, 0.4) is 0 Å². The Hall–Kier alpha value is -0.860. The summed E-state index contributed by atoms with van der Waals surface area (Å²) in [5.74, 6) is 0.544. The summed E-state index contributed by atoms with van der Waals surface area (Å²) in [7, 11) is 0. The lowest BCUT2D eigenvalue weighted by Gasteiger charge is -2.48. The second kappa shape index (κ2) is 5.87. The van der Waals surface area contributed by atoms with Gasteiger partial charge in [0.05, 0.1) is 18.8 Å². The molecule has 0 spiro atoms. The van der Waals surface area contributed by atoms with E-state index in [0.717, 1.165) is 13.2 Å². The van der Waals surface area contributed by atoms with Gasteiger partial charge in [-0.3, -0.25) is 4.90 Å². The molecule has 1 heterocycles. The van der Waals surface area contributed by atoms with Crippen LogP contribution in [0.15, 0.2) is 24.3 Å². The summed E-state index contributed by atoms with van der Waals surface area (Å²) in [5.41, 5.74) is 3.04. The third kappa shape index (κ3) is 3.07. The minimum atomic E-state index is 0.160. The maximum atomic E-state index is 5.96. The molecule has 112 valence electrons. The SMILES string of the molecule is CC(C)c1ccccc1C1C(C)OCCN1C(C)(C)C. The van der Waals surface area contributed by atoms with Crippen molar-refractivity contribution >= 4 is 0 Å². The highest BCUT2D eigenvalue weighted by atomic mass is 16.5. The van der Waals surface area contributed by atoms with Gasteiger partial charge in [-0.15, -0.1) is 0 Å². The minimum absolute atomic E-state index is 0.160. The highest BCUT2D eigenvalue weighted by Crippen LogP contribution is 2.37. The van der Waals surface area contributed by atoms with Gasteiger partial charge in [0.2, 0.25) is 0 Å². The molecule has 0 aliphatic carbocycles. The Bertz CT molecular complexity index is 447. The van der Waals surface area contributed by atoms with E-state index < -0.39 is 0 Å². The molecule has 0 saturated carbocycles. The van der Waals surface area contributed by atoms with Crippen LogP contribution in [-0.4, -0.2) is 29.7 Å². The molecule has 1 aromatic carbocycles. The second-order valence-electron chi connectivity index (χ2n) is 7.17. The van der Waals surface area contributed by atoms with Gasteiger partial charge >= 0.3 is 0 Å². The summed E-state index contributed by atoms with van der Waals surface area (Å²) < 4.78 is 5.96. The molecule has 0 N–H and O–H groups in total. The van der Waals surface area contributed by atoms with Gasteiger partial charge < -0.3 is 4.74 Å². The van der Waals surface area contributed by atoms with Gasteiger partial charge in [-0.1, -0.05) is 38.1 Å². The van der Waals surface area contributed by atoms with Crippen molar-refractivity contribution in [1.82, 2.24) is 4.90 Å². The third-order valence-electron chi connectivity index (χ3n) is 4.29. The Morgan fingerprint density at radius 2 is 1.85 bits per heavy atom. The summed E-state index contributed by atoms with van der Waals surface area (Å²) in [6.45, 7) is 15.5. The summed E-state index contributed by atoms with van der Waals surface area (Å²) >= 11 is 0. The average Bonchev–Trinajstić information content (AvgIpc) is 2.37. The second-order valence-corrected chi connectivity index (χ2v) is 7.17. The van der Waals surface area contributed by atoms with Crippen molar-refractivity contribution in [2.45, 2.75) is 65.1 Å². The van der Waals surface area contributed by atoms with Crippen LogP contribution in [0, 0.1) is 0 Å². The molecule has 2 nitrogen and oxygen atoms in total. The molecule has 2 heteroatoms. The molecule has 1 fully saturated rings. The highest BCUT2D eigenvalue weighted by Gasteiger charge is 2.37. The number of ether oxygens (including phenoxy) is 1. The van der Waals surface area contributed by atoms with E-state index in [4.69, 9.17) is 4.74 Å². The van der Waals surface area contributed by atoms with E-state index in [9.17, 15) is 0 Å². The van der Waals surface area contributed by atoms with E-state index in [2.05, 4.69) is 70.7 Å². The van der Waals surface area contributed by atoms with Crippen LogP contribution in [-0.2, 0) is 4.74 Å². The lowest BCUT2D eigenvalue weighted by atomic mass is 9.87. The first-order chi connectivity index (χ1) is 9.32. The Morgan fingerprint density at radius 3 is 2.45 bits per heavy atom. The van der Waals surface area contributed by atoms with Crippen molar-refractivity contribution in [3.05, 3.63) is 35.4 Å². The fourth-order valence-electron chi connectivity index (χ4n) is 3.30. The first-order valence-corrected chi connectivity index (χ1v) is 7.79. The number of rotatable bonds is 2. The van der Waals surface area contributed by atoms with Crippen LogP contribution in [0.25, 0.3) is 0 Å². The standard InChI is InChI=1S/C18H29NO/c1-13(2)15-9-7-8-10-16(15)17-14(3)20-12-11-19(17)18(4,5)6/h7-10,13-14,17H,11-12H2,1-6H3. The van der Waals surface area contributed by atoms with Gasteiger partial charge in [0.25, 0.3) is 0 Å². The van der Waals surface area contributed by atoms with E-state index >= 15 is 0 Å². The first kappa shape index (κ1) is 15.5. The van der Waals surface area contributed by atoms with Gasteiger partial charge in [-0.05, 0) is 44.7 Å². The van der Waals surface area contributed by atoms with Crippen LogP contribution in [0.2, 0.25) is 0 Å². The number of hydrogen-bond acceptors (Lipinski definition) is 2. The zero-order chi connectivity index (χ0) is 14.9. The van der Waals surface area contributed by atoms with Gasteiger partial charge in [-0.2, -0.15) is 0 Å². The number of hydrogen-bond donors (Lipinski definition) is 0. The third-order valence-corrected chi connectivity index (χ3v) is 4.29. The predicted octanol–water partition coefficient (Wildman–Crippen LogP) is 4.37. The fraction of sp³-hybridized carbons (Fsp3) is 0.667. The smallest absolute Gasteiger partial charge is 0.0744 e. The Balaban J connectivity index is 2.46. The monoisotopic (exact) mass is 275 g/mol. The molecule has 0 aromatic heterocycles. The van der Waals surface area contributed by atoms with Crippen molar-refractivity contribution < 1.29 is 4.74 Å². The Kier molecular flexibility index (Phi) is 4.55. The van der Waals surface area contributed by atoms with E-state index in [1.807, 2.05) is 0 Å². The normalized spacial score (nSPS) is 25.1. The molecule has 2 rings (SSSR count). The molecule has 0 bridgehead atoms. The first-order valence-electron chi connectivity index (χ1n) is 7.79. The predicted molar refractivity (Wildman–Crippen MR) is 85.1 cm³/mol. The molecule has 1 saturated heterocycles. The molecular formula is C18H29NO. The van der Waals surface area contributed by atoms with Gasteiger partial charge in [0, 0.05) is 12.1 Å². The topological polar surface area (TPSA) is 12.5 Å². The van der Waals surface area contributed by atoms with E-state index in [1.165, 1.54) is 11.1 Å². The molecule has 0 radical (unpaired) electrons. The molecule has 0 amide bonds. The molecule has 1 aliphatic heterocycles. The summed E-state index contributed by atoms with van der Waals surface area (Å²) in [6.07, 6.45) is 0.239. The lowest BCUT2D eigenvalue weighted by Crippen LogP contribution is -2.52. The van der Waals surface area contributed by atoms with Crippen LogP contribution in [0.4, 0.5) is 0 Å². The quantitative estimate of drug-likeness (QED) is 0.794. The van der Waals surface area contributed by atoms with Gasteiger partial charge in [-0.25, -0.2) is 0 Å². The molecule has 2 unspecified atom stereocenters. The summed E-state index contributed by atoms with van der Waals surface area (Å²) in [5, 5.41) is 0. The van der Waals surface area contributed by atoms with E-state index in [1.54, 1.807) is 0 Å². The minimum Gasteiger partial charge on any atom is -0.375 e. The van der Waals surface area contributed by atoms with E-state index in [-0.39, 0.29) is 11.6 Å². The van der Waals surface area contributed by atoms with Crippen molar-refractivity contribution in [3.8, 4) is 0 Å². The number of nitrogens with zero attached hydrogens (tertiary/aromatic N) is 1. The Labute approximate surface area is 124 Å². The molecule has 2 atom stereocenters. The highest BCUT2D eigenvalue weighted by molar-refractivity contribution is 5.33. The molecule has 1 aliphatic rings. The maximum Gasteiger partial charge on any atom is 0.0744 e. The van der Waals surface area contributed by atoms with Gasteiger partial charge in [0.1, 0.15) is 0 Å². The average molecular weight is 275 g/mol. The maximum absolute atomic E-state index is 5.96.